The van der Waals surface area contributed by atoms with Gasteiger partial charge in [0.2, 0.25) is 11.8 Å². The quantitative estimate of drug-likeness (QED) is 0.737. The van der Waals surface area contributed by atoms with Crippen LogP contribution < -0.4 is 15.4 Å². The predicted octanol–water partition coefficient (Wildman–Crippen LogP) is 3.01. The van der Waals surface area contributed by atoms with Gasteiger partial charge in [-0.15, -0.1) is 13.2 Å². The molecule has 1 heterocycles. The first-order valence-corrected chi connectivity index (χ1v) is 9.28. The van der Waals surface area contributed by atoms with Crippen LogP contribution in [0.3, 0.4) is 0 Å². The molecule has 1 aromatic carbocycles. The van der Waals surface area contributed by atoms with Crippen LogP contribution in [0, 0.1) is 11.8 Å². The molecule has 2 amide bonds. The van der Waals surface area contributed by atoms with Crippen molar-refractivity contribution in [3.8, 4) is 5.75 Å². The van der Waals surface area contributed by atoms with Gasteiger partial charge in [0, 0.05) is 24.7 Å². The SMILES string of the molecule is CC(C)C(=O)NCC1CCCN(CC(=O)Nc2ccc(OC(F)(F)F)cc2)C1. The molecule has 6 nitrogen and oxygen atoms in total. The molecule has 1 fully saturated rings. The van der Waals surface area contributed by atoms with Crippen LogP contribution in [0.1, 0.15) is 26.7 Å². The molecule has 2 rings (SSSR count). The fraction of sp³-hybridized carbons (Fsp3) is 0.579. The topological polar surface area (TPSA) is 70.7 Å². The highest BCUT2D eigenvalue weighted by Crippen LogP contribution is 2.24. The van der Waals surface area contributed by atoms with Crippen LogP contribution in [-0.4, -0.2) is 49.3 Å². The van der Waals surface area contributed by atoms with E-state index in [0.717, 1.165) is 31.5 Å². The van der Waals surface area contributed by atoms with E-state index in [1.165, 1.54) is 12.1 Å². The lowest BCUT2D eigenvalue weighted by Crippen LogP contribution is -2.44. The molecule has 1 aliphatic rings. The number of ether oxygens (including phenoxy) is 1. The number of halogens is 3. The number of hydrogen-bond donors (Lipinski definition) is 2. The third-order valence-electron chi connectivity index (χ3n) is 4.43. The van der Waals surface area contributed by atoms with E-state index in [1.807, 2.05) is 18.7 Å². The molecular formula is C19H26F3N3O3. The normalized spacial score (nSPS) is 18.0. The summed E-state index contributed by atoms with van der Waals surface area (Å²) in [5, 5.41) is 5.60. The van der Waals surface area contributed by atoms with Crippen LogP contribution in [0.5, 0.6) is 5.75 Å². The van der Waals surface area contributed by atoms with Crippen LogP contribution >= 0.6 is 0 Å². The molecule has 9 heteroatoms. The largest absolute Gasteiger partial charge is 0.573 e. The third-order valence-corrected chi connectivity index (χ3v) is 4.43. The fourth-order valence-electron chi connectivity index (χ4n) is 3.05. The van der Waals surface area contributed by atoms with Crippen LogP contribution in [0.25, 0.3) is 0 Å². The number of carbonyl (C=O) groups is 2. The van der Waals surface area contributed by atoms with Crippen molar-refractivity contribution in [1.82, 2.24) is 10.2 Å². The Labute approximate surface area is 162 Å². The number of alkyl halides is 3. The first-order chi connectivity index (χ1) is 13.1. The molecule has 1 atom stereocenters. The molecule has 28 heavy (non-hydrogen) atoms. The Balaban J connectivity index is 1.78. The lowest BCUT2D eigenvalue weighted by Gasteiger charge is -2.32. The summed E-state index contributed by atoms with van der Waals surface area (Å²) < 4.78 is 40.3. The number of likely N-dealkylation sites (tertiary alicyclic amines) is 1. The molecule has 0 spiro atoms. The highest BCUT2D eigenvalue weighted by atomic mass is 19.4. The standard InChI is InChI=1S/C19H26F3N3O3/c1-13(2)18(27)23-10-14-4-3-9-25(11-14)12-17(26)24-15-5-7-16(8-6-15)28-19(20,21)22/h5-8,13-14H,3-4,9-12H2,1-2H3,(H,23,27)(H,24,26). The summed E-state index contributed by atoms with van der Waals surface area (Å²) >= 11 is 0. The van der Waals surface area contributed by atoms with E-state index in [0.29, 0.717) is 24.7 Å². The molecule has 1 aromatic rings. The Bertz CT molecular complexity index is 663. The van der Waals surface area contributed by atoms with Gasteiger partial charge in [0.05, 0.1) is 6.54 Å². The maximum absolute atomic E-state index is 12.2. The summed E-state index contributed by atoms with van der Waals surface area (Å²) in [5.41, 5.74) is 0.400. The van der Waals surface area contributed by atoms with Crippen molar-refractivity contribution in [3.05, 3.63) is 24.3 Å². The van der Waals surface area contributed by atoms with Gasteiger partial charge in [-0.2, -0.15) is 0 Å². The molecule has 0 aliphatic carbocycles. The van der Waals surface area contributed by atoms with Crippen molar-refractivity contribution in [2.45, 2.75) is 33.1 Å². The number of hydrogen-bond acceptors (Lipinski definition) is 4. The number of anilines is 1. The first-order valence-electron chi connectivity index (χ1n) is 9.28. The number of benzene rings is 1. The van der Waals surface area contributed by atoms with Gasteiger partial charge in [0.15, 0.2) is 0 Å². The molecule has 1 aliphatic heterocycles. The Morgan fingerprint density at radius 1 is 1.25 bits per heavy atom. The second kappa shape index (κ2) is 9.77. The molecule has 1 saturated heterocycles. The van der Waals surface area contributed by atoms with Crippen LogP contribution in [0.15, 0.2) is 24.3 Å². The molecule has 0 aromatic heterocycles. The highest BCUT2D eigenvalue weighted by Gasteiger charge is 2.31. The lowest BCUT2D eigenvalue weighted by molar-refractivity contribution is -0.274. The van der Waals surface area contributed by atoms with E-state index in [9.17, 15) is 22.8 Å². The van der Waals surface area contributed by atoms with Crippen molar-refractivity contribution in [3.63, 3.8) is 0 Å². The minimum atomic E-state index is -4.75. The Hall–Kier alpha value is -2.29. The molecule has 156 valence electrons. The van der Waals surface area contributed by atoms with E-state index in [2.05, 4.69) is 15.4 Å². The summed E-state index contributed by atoms with van der Waals surface area (Å²) in [4.78, 5) is 25.9. The number of nitrogens with zero attached hydrogens (tertiary/aromatic N) is 1. The second-order valence-electron chi connectivity index (χ2n) is 7.26. The number of carbonyl (C=O) groups excluding carboxylic acids is 2. The number of amides is 2. The lowest BCUT2D eigenvalue weighted by atomic mass is 9.97. The van der Waals surface area contributed by atoms with Crippen molar-refractivity contribution in [1.29, 1.82) is 0 Å². The molecule has 1 unspecified atom stereocenters. The average Bonchev–Trinajstić information content (AvgIpc) is 2.60. The minimum absolute atomic E-state index is 0.0211. The van der Waals surface area contributed by atoms with E-state index < -0.39 is 6.36 Å². The molecule has 0 radical (unpaired) electrons. The van der Waals surface area contributed by atoms with Gasteiger partial charge < -0.3 is 15.4 Å². The third kappa shape index (κ3) is 7.75. The van der Waals surface area contributed by atoms with E-state index in [1.54, 1.807) is 0 Å². The zero-order chi connectivity index (χ0) is 20.7. The van der Waals surface area contributed by atoms with E-state index >= 15 is 0 Å². The van der Waals surface area contributed by atoms with Crippen molar-refractivity contribution >= 4 is 17.5 Å². The van der Waals surface area contributed by atoms with Crippen molar-refractivity contribution in [2.75, 3.05) is 31.5 Å². The van der Waals surface area contributed by atoms with Gasteiger partial charge in [-0.3, -0.25) is 14.5 Å². The molecule has 0 bridgehead atoms. The average molecular weight is 401 g/mol. The zero-order valence-corrected chi connectivity index (χ0v) is 16.0. The number of rotatable bonds is 7. The van der Waals surface area contributed by atoms with Gasteiger partial charge >= 0.3 is 6.36 Å². The van der Waals surface area contributed by atoms with Gasteiger partial charge in [0.25, 0.3) is 0 Å². The number of nitrogens with one attached hydrogen (secondary N) is 2. The van der Waals surface area contributed by atoms with Crippen LogP contribution in [0.2, 0.25) is 0 Å². The van der Waals surface area contributed by atoms with E-state index in [4.69, 9.17) is 0 Å². The Kier molecular flexibility index (Phi) is 7.68. The summed E-state index contributed by atoms with van der Waals surface area (Å²) in [7, 11) is 0. The monoisotopic (exact) mass is 401 g/mol. The maximum atomic E-state index is 12.2. The van der Waals surface area contributed by atoms with Gasteiger partial charge in [-0.05, 0) is 49.6 Å². The molecule has 0 saturated carbocycles. The zero-order valence-electron chi connectivity index (χ0n) is 16.0. The highest BCUT2D eigenvalue weighted by molar-refractivity contribution is 5.92. The Morgan fingerprint density at radius 2 is 1.93 bits per heavy atom. The number of piperidine rings is 1. The molecular weight excluding hydrogens is 375 g/mol. The van der Waals surface area contributed by atoms with Gasteiger partial charge in [-0.1, -0.05) is 13.8 Å². The maximum Gasteiger partial charge on any atom is 0.573 e. The molecule has 2 N–H and O–H groups in total. The van der Waals surface area contributed by atoms with E-state index in [-0.39, 0.29) is 30.0 Å². The van der Waals surface area contributed by atoms with Crippen molar-refractivity contribution in [2.24, 2.45) is 11.8 Å². The van der Waals surface area contributed by atoms with Gasteiger partial charge in [-0.25, -0.2) is 0 Å². The Morgan fingerprint density at radius 3 is 2.54 bits per heavy atom. The minimum Gasteiger partial charge on any atom is -0.406 e. The van der Waals surface area contributed by atoms with Crippen molar-refractivity contribution < 1.29 is 27.5 Å². The summed E-state index contributed by atoms with van der Waals surface area (Å²) in [6.07, 6.45) is -2.81. The summed E-state index contributed by atoms with van der Waals surface area (Å²) in [5.74, 6) is -0.321. The second-order valence-corrected chi connectivity index (χ2v) is 7.26. The van der Waals surface area contributed by atoms with Crippen LogP contribution in [-0.2, 0) is 9.59 Å². The summed E-state index contributed by atoms with van der Waals surface area (Å²) in [6, 6.07) is 5.02. The van der Waals surface area contributed by atoms with Gasteiger partial charge in [0.1, 0.15) is 5.75 Å². The smallest absolute Gasteiger partial charge is 0.406 e. The fourth-order valence-corrected chi connectivity index (χ4v) is 3.05. The first kappa shape index (κ1) is 22.0. The summed E-state index contributed by atoms with van der Waals surface area (Å²) in [6.45, 7) is 5.97. The van der Waals surface area contributed by atoms with Crippen LogP contribution in [0.4, 0.5) is 18.9 Å². The predicted molar refractivity (Wildman–Crippen MR) is 98.8 cm³/mol.